The molecule has 0 amide bonds. The number of carbonyl (C=O) groups is 1. The number of hydrogen-bond acceptors (Lipinski definition) is 3. The van der Waals surface area contributed by atoms with Gasteiger partial charge in [-0.25, -0.2) is 0 Å². The third-order valence-electron chi connectivity index (χ3n) is 0.310. The molecule has 0 fully saturated rings. The molecule has 0 spiro atoms. The van der Waals surface area contributed by atoms with Crippen LogP contribution in [-0.2, 0) is 8.98 Å². The molecule has 0 radical (unpaired) electrons. The van der Waals surface area contributed by atoms with Crippen LogP contribution in [0.2, 0.25) is 0 Å². The van der Waals surface area contributed by atoms with E-state index in [4.69, 9.17) is 0 Å². The van der Waals surface area contributed by atoms with Crippen molar-refractivity contribution in [2.75, 3.05) is 0 Å². The van der Waals surface area contributed by atoms with E-state index >= 15 is 0 Å². The fourth-order valence-corrected chi connectivity index (χ4v) is 0.305. The second-order valence-electron chi connectivity index (χ2n) is 0.778. The van der Waals surface area contributed by atoms with Crippen LogP contribution in [0.4, 0.5) is 0 Å². The first-order valence-corrected chi connectivity index (χ1v) is 2.50. The molecule has 0 bridgehead atoms. The predicted molar refractivity (Wildman–Crippen MR) is 32.7 cm³/mol. The summed E-state index contributed by atoms with van der Waals surface area (Å²) in [6.07, 6.45) is 5.82. The maximum absolute atomic E-state index is 10.1. The van der Waals surface area contributed by atoms with Gasteiger partial charge >= 0.3 is 5.12 Å². The van der Waals surface area contributed by atoms with Crippen LogP contribution >= 0.6 is 12.0 Å². The summed E-state index contributed by atoms with van der Waals surface area (Å²) < 4.78 is 4.37. The molecule has 0 atom stereocenters. The molecule has 0 heterocycles. The number of terminal acetylenes is 1. The lowest BCUT2D eigenvalue weighted by Gasteiger charge is -1.86. The summed E-state index contributed by atoms with van der Waals surface area (Å²) in [7, 11) is 0. The molecule has 0 aromatic carbocycles. The van der Waals surface area contributed by atoms with Crippen LogP contribution in [0, 0.1) is 12.3 Å². The Balaban J connectivity index is 3.29. The molecule has 3 heteroatoms. The molecule has 2 nitrogen and oxygen atoms in total. The highest BCUT2D eigenvalue weighted by Crippen LogP contribution is 2.01. The first-order valence-electron chi connectivity index (χ1n) is 1.76. The lowest BCUT2D eigenvalue weighted by Crippen LogP contribution is -1.81. The van der Waals surface area contributed by atoms with E-state index in [2.05, 4.69) is 17.2 Å². The fraction of sp³-hybridized carbons (Fsp3) is 0. The van der Waals surface area contributed by atoms with Gasteiger partial charge in [0.1, 0.15) is 12.0 Å². The summed E-state index contributed by atoms with van der Waals surface area (Å²) in [6, 6.07) is 0. The van der Waals surface area contributed by atoms with Gasteiger partial charge in [0.05, 0.1) is 6.26 Å². The summed E-state index contributed by atoms with van der Waals surface area (Å²) in [6.45, 7) is 3.20. The Morgan fingerprint density at radius 2 is 2.62 bits per heavy atom. The van der Waals surface area contributed by atoms with Gasteiger partial charge in [-0.15, -0.1) is 6.42 Å². The molecule has 42 valence electrons. The Morgan fingerprint density at radius 3 is 3.00 bits per heavy atom. The van der Waals surface area contributed by atoms with Crippen molar-refractivity contribution in [3.05, 3.63) is 12.8 Å². The van der Waals surface area contributed by atoms with Crippen molar-refractivity contribution in [1.29, 1.82) is 0 Å². The van der Waals surface area contributed by atoms with Gasteiger partial charge in [-0.05, 0) is 5.92 Å². The Hall–Kier alpha value is -0.880. The zero-order valence-corrected chi connectivity index (χ0v) is 4.90. The molecule has 0 aliphatic carbocycles. The molecule has 0 aromatic rings. The van der Waals surface area contributed by atoms with Crippen LogP contribution in [0.1, 0.15) is 0 Å². The van der Waals surface area contributed by atoms with Gasteiger partial charge in [-0.3, -0.25) is 4.79 Å². The average molecular weight is 128 g/mol. The van der Waals surface area contributed by atoms with Crippen LogP contribution in [0.25, 0.3) is 0 Å². The smallest absolute Gasteiger partial charge is 0.301 e. The van der Waals surface area contributed by atoms with Crippen molar-refractivity contribution in [2.24, 2.45) is 0 Å². The van der Waals surface area contributed by atoms with Gasteiger partial charge in [-0.2, -0.15) is 0 Å². The molecule has 0 aliphatic heterocycles. The summed E-state index contributed by atoms with van der Waals surface area (Å²) >= 11 is 0.583. The largest absolute Gasteiger partial charge is 0.425 e. The SMILES string of the molecule is C#CC(=O)SOC=C. The van der Waals surface area contributed by atoms with E-state index in [1.807, 2.05) is 5.92 Å². The van der Waals surface area contributed by atoms with Gasteiger partial charge in [0.15, 0.2) is 0 Å². The van der Waals surface area contributed by atoms with Crippen LogP contribution in [0.15, 0.2) is 12.8 Å². The summed E-state index contributed by atoms with van der Waals surface area (Å²) in [5.41, 5.74) is 0. The molecule has 0 aliphatic rings. The highest BCUT2D eigenvalue weighted by Gasteiger charge is 1.93. The first kappa shape index (κ1) is 7.12. The number of rotatable bonds is 2. The Bertz CT molecular complexity index is 134. The van der Waals surface area contributed by atoms with Crippen LogP contribution in [0.5, 0.6) is 0 Å². The highest BCUT2D eigenvalue weighted by atomic mass is 32.2. The quantitative estimate of drug-likeness (QED) is 0.314. The van der Waals surface area contributed by atoms with E-state index in [0.29, 0.717) is 12.0 Å². The summed E-state index contributed by atoms with van der Waals surface area (Å²) in [5.74, 6) is 1.85. The minimum Gasteiger partial charge on any atom is -0.425 e. The van der Waals surface area contributed by atoms with E-state index in [9.17, 15) is 4.79 Å². The van der Waals surface area contributed by atoms with Crippen LogP contribution < -0.4 is 0 Å². The normalized spacial score (nSPS) is 6.88. The maximum atomic E-state index is 10.1. The second kappa shape index (κ2) is 4.28. The molecule has 0 saturated heterocycles. The van der Waals surface area contributed by atoms with Gasteiger partial charge in [-0.1, -0.05) is 6.58 Å². The molecule has 8 heavy (non-hydrogen) atoms. The number of carbonyl (C=O) groups excluding carboxylic acids is 1. The molecule has 0 N–H and O–H groups in total. The van der Waals surface area contributed by atoms with Gasteiger partial charge in [0, 0.05) is 0 Å². The van der Waals surface area contributed by atoms with Gasteiger partial charge < -0.3 is 4.18 Å². The second-order valence-corrected chi connectivity index (χ2v) is 1.51. The third kappa shape index (κ3) is 3.32. The van der Waals surface area contributed by atoms with Crippen molar-refractivity contribution >= 4 is 17.2 Å². The van der Waals surface area contributed by atoms with Crippen LogP contribution in [0.3, 0.4) is 0 Å². The van der Waals surface area contributed by atoms with Crippen molar-refractivity contribution in [2.45, 2.75) is 0 Å². The Kier molecular flexibility index (Phi) is 3.81. The molecular weight excluding hydrogens is 124 g/mol. The summed E-state index contributed by atoms with van der Waals surface area (Å²) in [4.78, 5) is 10.1. The molecular formula is C5H4O2S. The number of hydrogen-bond donors (Lipinski definition) is 0. The third-order valence-corrected chi connectivity index (χ3v) is 0.811. The zero-order chi connectivity index (χ0) is 6.41. The van der Waals surface area contributed by atoms with Crippen molar-refractivity contribution in [3.8, 4) is 12.3 Å². The van der Waals surface area contributed by atoms with Gasteiger partial charge in [0.2, 0.25) is 0 Å². The van der Waals surface area contributed by atoms with Crippen molar-refractivity contribution in [3.63, 3.8) is 0 Å². The standard InChI is InChI=1S/C5H4O2S/c1-3-5(6)8-7-4-2/h1,4H,2H2. The molecule has 0 aromatic heterocycles. The van der Waals surface area contributed by atoms with Crippen molar-refractivity contribution in [1.82, 2.24) is 0 Å². The summed E-state index contributed by atoms with van der Waals surface area (Å²) in [5, 5.41) is -0.454. The predicted octanol–water partition coefficient (Wildman–Crippen LogP) is 0.955. The average Bonchev–Trinajstić information content (AvgIpc) is 1.83. The minimum absolute atomic E-state index is 0.454. The molecule has 0 rings (SSSR count). The van der Waals surface area contributed by atoms with E-state index < -0.39 is 5.12 Å². The molecule has 0 saturated carbocycles. The van der Waals surface area contributed by atoms with Crippen molar-refractivity contribution < 1.29 is 8.98 Å². The Morgan fingerprint density at radius 1 is 2.00 bits per heavy atom. The minimum atomic E-state index is -0.454. The lowest BCUT2D eigenvalue weighted by molar-refractivity contribution is -0.106. The zero-order valence-electron chi connectivity index (χ0n) is 4.09. The van der Waals surface area contributed by atoms with Crippen LogP contribution in [-0.4, -0.2) is 5.12 Å². The van der Waals surface area contributed by atoms with E-state index in [1.165, 1.54) is 0 Å². The lowest BCUT2D eigenvalue weighted by atomic mass is 10.8. The highest BCUT2D eigenvalue weighted by molar-refractivity contribution is 8.10. The Labute approximate surface area is 52.1 Å². The van der Waals surface area contributed by atoms with E-state index in [-0.39, 0.29) is 0 Å². The monoisotopic (exact) mass is 128 g/mol. The molecule has 0 unspecified atom stereocenters. The fourth-order valence-electron chi connectivity index (χ4n) is 0.102. The maximum Gasteiger partial charge on any atom is 0.301 e. The topological polar surface area (TPSA) is 26.3 Å². The first-order chi connectivity index (χ1) is 3.81. The van der Waals surface area contributed by atoms with Gasteiger partial charge in [0.25, 0.3) is 0 Å². The van der Waals surface area contributed by atoms with E-state index in [1.54, 1.807) is 0 Å². The van der Waals surface area contributed by atoms with E-state index in [0.717, 1.165) is 6.26 Å².